The zero-order valence-electron chi connectivity index (χ0n) is 50.0. The highest BCUT2D eigenvalue weighted by Crippen LogP contribution is 2.45. The highest BCUT2D eigenvalue weighted by Gasteiger charge is 2.30. The molecule has 0 aromatic carbocycles. The third-order valence-corrected chi connectivity index (χ3v) is 15.4. The van der Waals surface area contributed by atoms with Crippen LogP contribution >= 0.6 is 15.6 Å². The fourth-order valence-corrected chi connectivity index (χ4v) is 10.2. The fraction of sp³-hybridized carbons (Fsp3) is 0.932. The van der Waals surface area contributed by atoms with Crippen LogP contribution in [-0.4, -0.2) is 96.7 Å². The van der Waals surface area contributed by atoms with Gasteiger partial charge in [-0.25, -0.2) is 9.13 Å². The van der Waals surface area contributed by atoms with Crippen LogP contribution in [0.5, 0.6) is 0 Å². The molecule has 0 spiro atoms. The van der Waals surface area contributed by atoms with E-state index < -0.39 is 97.5 Å². The molecule has 0 bridgehead atoms. The van der Waals surface area contributed by atoms with Crippen molar-refractivity contribution < 1.29 is 80.2 Å². The SMILES string of the molecule is CCCCCCCCCCC(=O)OC[C@H](COP(=O)(O)OC[C@H](O)COP(=O)(O)OC[C@@H](COC(=O)CCCCCCCCCCC(C)C)OC(=O)CCCCCCCCCCC(C)C)OC(=O)CCCCCCCCCC. The van der Waals surface area contributed by atoms with Crippen LogP contribution in [0.15, 0.2) is 0 Å². The molecule has 78 heavy (non-hydrogen) atoms. The Morgan fingerprint density at radius 1 is 0.346 bits per heavy atom. The van der Waals surface area contributed by atoms with Gasteiger partial charge < -0.3 is 33.8 Å². The van der Waals surface area contributed by atoms with Gasteiger partial charge in [-0.15, -0.1) is 0 Å². The molecule has 0 aliphatic carbocycles. The van der Waals surface area contributed by atoms with Crippen LogP contribution in [0.1, 0.15) is 286 Å². The first-order chi connectivity index (χ1) is 37.4. The number of aliphatic hydroxyl groups excluding tert-OH is 1. The summed E-state index contributed by atoms with van der Waals surface area (Å²) in [6.07, 6.45) is 32.3. The Hall–Kier alpha value is -1.94. The topological polar surface area (TPSA) is 237 Å². The molecule has 19 heteroatoms. The molecule has 3 N–H and O–H groups in total. The molecule has 0 amide bonds. The maximum atomic E-state index is 12.9. The molecular formula is C59H114O17P2. The van der Waals surface area contributed by atoms with Crippen molar-refractivity contribution in [2.24, 2.45) is 11.8 Å². The molecule has 17 nitrogen and oxygen atoms in total. The highest BCUT2D eigenvalue weighted by molar-refractivity contribution is 7.47. The van der Waals surface area contributed by atoms with E-state index >= 15 is 0 Å². The van der Waals surface area contributed by atoms with Crippen LogP contribution in [0.25, 0.3) is 0 Å². The van der Waals surface area contributed by atoms with E-state index in [1.54, 1.807) is 0 Å². The summed E-state index contributed by atoms with van der Waals surface area (Å²) in [4.78, 5) is 71.8. The van der Waals surface area contributed by atoms with Crippen molar-refractivity contribution in [1.82, 2.24) is 0 Å². The fourth-order valence-electron chi connectivity index (χ4n) is 8.65. The molecule has 0 aromatic rings. The van der Waals surface area contributed by atoms with E-state index in [4.69, 9.17) is 37.0 Å². The lowest BCUT2D eigenvalue weighted by Crippen LogP contribution is -2.30. The number of carbonyl (C=O) groups excluding carboxylic acids is 4. The Morgan fingerprint density at radius 2 is 0.590 bits per heavy atom. The van der Waals surface area contributed by atoms with Gasteiger partial charge in [-0.05, 0) is 37.5 Å². The Kier molecular flexibility index (Phi) is 50.6. The van der Waals surface area contributed by atoms with Crippen LogP contribution < -0.4 is 0 Å². The summed E-state index contributed by atoms with van der Waals surface area (Å²) in [7, 11) is -9.87. The standard InChI is InChI=1S/C59H114O17P2/c1-7-9-11-13-15-23-29-35-41-56(61)69-47-54(75-58(63)43-37-31-24-16-14-12-10-8-2)49-73-77(65,66)71-45-53(60)46-72-78(67,68)74-50-55(76-59(64)44-38-32-26-20-18-22-28-34-40-52(5)6)48-70-57(62)42-36-30-25-19-17-21-27-33-39-51(3)4/h51-55,60H,7-50H2,1-6H3,(H,65,66)(H,67,68)/t53-,54+,55+/m0/s1. The van der Waals surface area contributed by atoms with Crippen LogP contribution in [0, 0.1) is 11.8 Å². The molecule has 0 saturated heterocycles. The van der Waals surface area contributed by atoms with E-state index in [1.165, 1.54) is 89.9 Å². The second kappa shape index (κ2) is 51.9. The minimum Gasteiger partial charge on any atom is -0.462 e. The molecule has 0 heterocycles. The van der Waals surface area contributed by atoms with Crippen LogP contribution in [0.2, 0.25) is 0 Å². The van der Waals surface area contributed by atoms with Gasteiger partial charge in [0.2, 0.25) is 0 Å². The summed E-state index contributed by atoms with van der Waals surface area (Å²) in [5.41, 5.74) is 0. The maximum absolute atomic E-state index is 12.9. The number of ether oxygens (including phenoxy) is 4. The normalized spacial score (nSPS) is 14.4. The minimum atomic E-state index is -4.94. The van der Waals surface area contributed by atoms with Crippen LogP contribution in [0.3, 0.4) is 0 Å². The average molecular weight is 1160 g/mol. The Balaban J connectivity index is 5.22. The number of unbranched alkanes of at least 4 members (excludes halogenated alkanes) is 28. The van der Waals surface area contributed by atoms with Crippen molar-refractivity contribution in [3.8, 4) is 0 Å². The minimum absolute atomic E-state index is 0.104. The summed E-state index contributed by atoms with van der Waals surface area (Å²) in [6.45, 7) is 9.32. The number of carbonyl (C=O) groups is 4. The Morgan fingerprint density at radius 3 is 0.872 bits per heavy atom. The van der Waals surface area contributed by atoms with Crippen molar-refractivity contribution in [2.45, 2.75) is 304 Å². The van der Waals surface area contributed by atoms with Crippen molar-refractivity contribution in [2.75, 3.05) is 39.6 Å². The summed E-state index contributed by atoms with van der Waals surface area (Å²) in [5.74, 6) is -0.703. The number of phosphoric ester groups is 2. The predicted octanol–water partition coefficient (Wildman–Crippen LogP) is 15.7. The first kappa shape index (κ1) is 76.1. The van der Waals surface area contributed by atoms with E-state index in [-0.39, 0.29) is 25.7 Å². The summed E-state index contributed by atoms with van der Waals surface area (Å²) in [5, 5.41) is 10.5. The molecule has 0 saturated carbocycles. The number of phosphoric acid groups is 2. The molecule has 0 rings (SSSR count). The third-order valence-electron chi connectivity index (χ3n) is 13.5. The van der Waals surface area contributed by atoms with Gasteiger partial charge >= 0.3 is 39.5 Å². The lowest BCUT2D eigenvalue weighted by molar-refractivity contribution is -0.161. The molecule has 2 unspecified atom stereocenters. The lowest BCUT2D eigenvalue weighted by atomic mass is 10.0. The van der Waals surface area contributed by atoms with Gasteiger partial charge in [0.25, 0.3) is 0 Å². The Bertz CT molecular complexity index is 1550. The summed E-state index contributed by atoms with van der Waals surface area (Å²) >= 11 is 0. The second-order valence-corrected chi connectivity index (χ2v) is 25.2. The number of aliphatic hydroxyl groups is 1. The summed E-state index contributed by atoms with van der Waals surface area (Å²) in [6, 6.07) is 0. The smallest absolute Gasteiger partial charge is 0.462 e. The number of rotatable bonds is 58. The second-order valence-electron chi connectivity index (χ2n) is 22.3. The van der Waals surface area contributed by atoms with Gasteiger partial charge in [-0.3, -0.25) is 37.3 Å². The molecule has 0 aliphatic rings. The molecule has 0 aromatic heterocycles. The zero-order chi connectivity index (χ0) is 58.0. The molecule has 0 radical (unpaired) electrons. The van der Waals surface area contributed by atoms with E-state index in [0.717, 1.165) is 115 Å². The van der Waals surface area contributed by atoms with Crippen molar-refractivity contribution in [1.29, 1.82) is 0 Å². The molecule has 462 valence electrons. The molecule has 0 fully saturated rings. The van der Waals surface area contributed by atoms with Crippen molar-refractivity contribution >= 4 is 39.5 Å². The first-order valence-electron chi connectivity index (χ1n) is 31.0. The predicted molar refractivity (Wildman–Crippen MR) is 308 cm³/mol. The van der Waals surface area contributed by atoms with Gasteiger partial charge in [-0.2, -0.15) is 0 Å². The van der Waals surface area contributed by atoms with Gasteiger partial charge in [0.15, 0.2) is 12.2 Å². The molecule has 0 aliphatic heterocycles. The molecule has 5 atom stereocenters. The zero-order valence-corrected chi connectivity index (χ0v) is 51.7. The third kappa shape index (κ3) is 53.4. The lowest BCUT2D eigenvalue weighted by Gasteiger charge is -2.21. The monoisotopic (exact) mass is 1160 g/mol. The number of esters is 4. The van der Waals surface area contributed by atoms with Crippen LogP contribution in [-0.2, 0) is 65.4 Å². The number of hydrogen-bond donors (Lipinski definition) is 3. The van der Waals surface area contributed by atoms with E-state index in [9.17, 15) is 43.2 Å². The van der Waals surface area contributed by atoms with Crippen molar-refractivity contribution in [3.05, 3.63) is 0 Å². The first-order valence-corrected chi connectivity index (χ1v) is 34.0. The average Bonchev–Trinajstić information content (AvgIpc) is 3.39. The van der Waals surface area contributed by atoms with E-state index in [2.05, 4.69) is 41.5 Å². The largest absolute Gasteiger partial charge is 0.472 e. The van der Waals surface area contributed by atoms with Gasteiger partial charge in [0, 0.05) is 25.7 Å². The summed E-state index contributed by atoms with van der Waals surface area (Å²) < 4.78 is 67.6. The van der Waals surface area contributed by atoms with E-state index in [0.29, 0.717) is 25.7 Å². The Labute approximate surface area is 473 Å². The maximum Gasteiger partial charge on any atom is 0.472 e. The van der Waals surface area contributed by atoms with E-state index in [1.807, 2.05) is 0 Å². The van der Waals surface area contributed by atoms with Gasteiger partial charge in [-0.1, -0.05) is 234 Å². The van der Waals surface area contributed by atoms with Crippen LogP contribution in [0.4, 0.5) is 0 Å². The highest BCUT2D eigenvalue weighted by atomic mass is 31.2. The molecular weight excluding hydrogens is 1040 g/mol. The van der Waals surface area contributed by atoms with Gasteiger partial charge in [0.05, 0.1) is 26.4 Å². The van der Waals surface area contributed by atoms with Crippen molar-refractivity contribution in [3.63, 3.8) is 0 Å². The quantitative estimate of drug-likeness (QED) is 0.0222. The van der Waals surface area contributed by atoms with Gasteiger partial charge in [0.1, 0.15) is 19.3 Å². The number of hydrogen-bond acceptors (Lipinski definition) is 15.